The summed E-state index contributed by atoms with van der Waals surface area (Å²) in [6.07, 6.45) is 106. The number of rotatable bonds is 76. The lowest BCUT2D eigenvalue weighted by molar-refractivity contribution is -0.161. The van der Waals surface area contributed by atoms with Crippen molar-refractivity contribution >= 4 is 19.8 Å². The smallest absolute Gasteiger partial charge is 0.462 e. The van der Waals surface area contributed by atoms with Crippen molar-refractivity contribution < 1.29 is 37.6 Å². The summed E-state index contributed by atoms with van der Waals surface area (Å²) in [5, 5.41) is 0. The van der Waals surface area contributed by atoms with Gasteiger partial charge in [0.25, 0.3) is 0 Å². The van der Waals surface area contributed by atoms with Crippen molar-refractivity contribution in [1.29, 1.82) is 0 Å². The number of hydrogen-bond donors (Lipinski definition) is 2. The molecule has 93 heavy (non-hydrogen) atoms. The molecule has 0 rings (SSSR count). The van der Waals surface area contributed by atoms with Gasteiger partial charge in [-0.05, 0) is 70.6 Å². The van der Waals surface area contributed by atoms with Crippen molar-refractivity contribution in [2.24, 2.45) is 5.73 Å². The molecule has 9 nitrogen and oxygen atoms in total. The van der Waals surface area contributed by atoms with Crippen LogP contribution in [0, 0.1) is 0 Å². The number of allylic oxidation sites excluding steroid dienone is 14. The minimum atomic E-state index is -4.40. The molecule has 2 unspecified atom stereocenters. The van der Waals surface area contributed by atoms with Crippen LogP contribution in [0.4, 0.5) is 0 Å². The summed E-state index contributed by atoms with van der Waals surface area (Å²) in [7, 11) is -4.40. The van der Waals surface area contributed by atoms with Crippen molar-refractivity contribution in [2.45, 2.75) is 405 Å². The van der Waals surface area contributed by atoms with E-state index < -0.39 is 26.5 Å². The molecule has 542 valence electrons. The Morgan fingerprint density at radius 1 is 0.333 bits per heavy atom. The summed E-state index contributed by atoms with van der Waals surface area (Å²) < 4.78 is 33.3. The van der Waals surface area contributed by atoms with E-state index in [9.17, 15) is 19.0 Å². The molecule has 0 heterocycles. The van der Waals surface area contributed by atoms with Gasteiger partial charge in [0.05, 0.1) is 13.2 Å². The molecule has 0 bridgehead atoms. The molecule has 0 aliphatic rings. The zero-order valence-electron chi connectivity index (χ0n) is 61.2. The predicted octanol–water partition coefficient (Wildman–Crippen LogP) is 26.9. The molecule has 0 saturated heterocycles. The van der Waals surface area contributed by atoms with Crippen molar-refractivity contribution in [1.82, 2.24) is 0 Å². The van der Waals surface area contributed by atoms with E-state index in [1.165, 1.54) is 283 Å². The predicted molar refractivity (Wildman–Crippen MR) is 404 cm³/mol. The van der Waals surface area contributed by atoms with Crippen LogP contribution in [0.1, 0.15) is 399 Å². The van der Waals surface area contributed by atoms with Gasteiger partial charge in [0.2, 0.25) is 0 Å². The fourth-order valence-corrected chi connectivity index (χ4v) is 12.7. The van der Waals surface area contributed by atoms with Crippen LogP contribution in [0.2, 0.25) is 0 Å². The van der Waals surface area contributed by atoms with Crippen molar-refractivity contribution in [3.05, 3.63) is 85.1 Å². The van der Waals surface area contributed by atoms with E-state index in [1.807, 2.05) is 0 Å². The molecule has 0 aromatic rings. The van der Waals surface area contributed by atoms with Crippen LogP contribution in [0.3, 0.4) is 0 Å². The minimum Gasteiger partial charge on any atom is -0.462 e. The zero-order chi connectivity index (χ0) is 67.2. The van der Waals surface area contributed by atoms with Gasteiger partial charge >= 0.3 is 19.8 Å². The summed E-state index contributed by atoms with van der Waals surface area (Å²) in [6, 6.07) is 0. The molecule has 0 amide bonds. The molecule has 3 N–H and O–H groups in total. The van der Waals surface area contributed by atoms with Crippen LogP contribution in [0.5, 0.6) is 0 Å². The van der Waals surface area contributed by atoms with Crippen LogP contribution < -0.4 is 5.73 Å². The summed E-state index contributed by atoms with van der Waals surface area (Å²) in [5.41, 5.74) is 5.42. The molecule has 0 spiro atoms. The van der Waals surface area contributed by atoms with Crippen molar-refractivity contribution in [3.63, 3.8) is 0 Å². The average Bonchev–Trinajstić information content (AvgIpc) is 3.60. The summed E-state index contributed by atoms with van der Waals surface area (Å²) in [5.74, 6) is -0.807. The molecular weight excluding hydrogens is 1170 g/mol. The molecule has 0 radical (unpaired) electrons. The molecule has 0 aliphatic heterocycles. The Kier molecular flexibility index (Phi) is 75.8. The summed E-state index contributed by atoms with van der Waals surface area (Å²) in [6.45, 7) is 3.70. The van der Waals surface area contributed by atoms with Gasteiger partial charge in [0, 0.05) is 19.4 Å². The Hall–Kier alpha value is -2.81. The van der Waals surface area contributed by atoms with Crippen LogP contribution in [-0.4, -0.2) is 49.3 Å². The number of phosphoric acid groups is 1. The fraction of sp³-hybridized carbons (Fsp3) is 0.807. The SMILES string of the molecule is CC/C=C\C/C=C\C/C=C\C/C=C\C/C=C\C/C=C\C/C=C\CCCCCCCCCCCCCCCCCCCC(=O)OC(COC(=O)CCCCCCCCCCCCCCCCCCCCCCCCCCCCCCCCCCC)COP(=O)(O)OCCN. The number of carbonyl (C=O) groups is 2. The van der Waals surface area contributed by atoms with Crippen molar-refractivity contribution in [3.8, 4) is 0 Å². The van der Waals surface area contributed by atoms with E-state index in [2.05, 4.69) is 98.9 Å². The lowest BCUT2D eigenvalue weighted by Crippen LogP contribution is -2.29. The number of hydrogen-bond acceptors (Lipinski definition) is 8. The quantitative estimate of drug-likeness (QED) is 0.0264. The monoisotopic (exact) mass is 1320 g/mol. The first-order valence-electron chi connectivity index (χ1n) is 40.1. The van der Waals surface area contributed by atoms with Crippen LogP contribution in [-0.2, 0) is 32.7 Å². The van der Waals surface area contributed by atoms with E-state index in [1.54, 1.807) is 0 Å². The molecule has 0 fully saturated rings. The molecule has 2 atom stereocenters. The molecular formula is C83H152NO8P. The van der Waals surface area contributed by atoms with Crippen LogP contribution >= 0.6 is 7.82 Å². The molecule has 0 aliphatic carbocycles. The van der Waals surface area contributed by atoms with Gasteiger partial charge in [-0.15, -0.1) is 0 Å². The Bertz CT molecular complexity index is 1810. The number of phosphoric ester groups is 1. The molecule has 10 heteroatoms. The van der Waals surface area contributed by atoms with Crippen LogP contribution in [0.15, 0.2) is 85.1 Å². The number of carbonyl (C=O) groups excluding carboxylic acids is 2. The highest BCUT2D eigenvalue weighted by molar-refractivity contribution is 7.47. The van der Waals surface area contributed by atoms with E-state index in [4.69, 9.17) is 24.3 Å². The number of unbranched alkanes of at least 4 members (excludes halogenated alkanes) is 49. The molecule has 0 saturated carbocycles. The molecule has 0 aromatic heterocycles. The van der Waals surface area contributed by atoms with E-state index in [0.29, 0.717) is 6.42 Å². The van der Waals surface area contributed by atoms with E-state index in [0.717, 1.165) is 83.5 Å². The van der Waals surface area contributed by atoms with E-state index in [-0.39, 0.29) is 38.6 Å². The topological polar surface area (TPSA) is 134 Å². The normalized spacial score (nSPS) is 13.3. The second kappa shape index (κ2) is 78.2. The second-order valence-electron chi connectivity index (χ2n) is 26.9. The number of esters is 2. The second-order valence-corrected chi connectivity index (χ2v) is 28.4. The van der Waals surface area contributed by atoms with E-state index >= 15 is 0 Å². The Labute approximate surface area is 576 Å². The number of nitrogens with two attached hydrogens (primary N) is 1. The van der Waals surface area contributed by atoms with Gasteiger partial charge in [-0.3, -0.25) is 18.6 Å². The van der Waals surface area contributed by atoms with Gasteiger partial charge in [-0.25, -0.2) is 4.57 Å². The Morgan fingerprint density at radius 2 is 0.591 bits per heavy atom. The summed E-state index contributed by atoms with van der Waals surface area (Å²) in [4.78, 5) is 35.5. The van der Waals surface area contributed by atoms with Gasteiger partial charge in [0.1, 0.15) is 6.61 Å². The highest BCUT2D eigenvalue weighted by atomic mass is 31.2. The Morgan fingerprint density at radius 3 is 0.882 bits per heavy atom. The molecule has 0 aromatic carbocycles. The highest BCUT2D eigenvalue weighted by Gasteiger charge is 2.26. The maximum Gasteiger partial charge on any atom is 0.472 e. The maximum atomic E-state index is 12.8. The minimum absolute atomic E-state index is 0.0539. The maximum absolute atomic E-state index is 12.8. The van der Waals surface area contributed by atoms with Crippen molar-refractivity contribution in [2.75, 3.05) is 26.4 Å². The van der Waals surface area contributed by atoms with Gasteiger partial charge in [-0.2, -0.15) is 0 Å². The zero-order valence-corrected chi connectivity index (χ0v) is 62.1. The lowest BCUT2D eigenvalue weighted by atomic mass is 10.0. The first-order valence-corrected chi connectivity index (χ1v) is 41.6. The third-order valence-electron chi connectivity index (χ3n) is 17.8. The third kappa shape index (κ3) is 78.1. The lowest BCUT2D eigenvalue weighted by Gasteiger charge is -2.19. The Balaban J connectivity index is 3.79. The van der Waals surface area contributed by atoms with Gasteiger partial charge in [-0.1, -0.05) is 401 Å². The third-order valence-corrected chi connectivity index (χ3v) is 18.8. The van der Waals surface area contributed by atoms with Gasteiger partial charge in [0.15, 0.2) is 6.10 Å². The standard InChI is InChI=1S/C83H152NO8P/c1-3-5-7-9-11-13-15-17-19-21-23-25-27-29-31-33-35-37-38-39-40-41-42-44-46-48-50-52-54-56-58-60-62-64-66-68-70-72-74-76-83(86)92-81(80-91-93(87,88)90-78-77-84)79-89-82(85)75-73-71-69-67-65-63-61-59-57-55-53-51-49-47-45-43-36-34-32-30-28-26-24-22-20-18-16-14-12-10-8-6-4-2/h5,7,11,13,17,19,23,25,29,31,35,37,39-40,81H,3-4,6,8-10,12,14-16,18,20-22,24,26-28,30,32-34,36,38,41-80,84H2,1-2H3,(H,87,88)/b7-5-,13-11-,19-17-,25-23-,31-29-,37-35-,40-39-. The van der Waals surface area contributed by atoms with Gasteiger partial charge < -0.3 is 20.1 Å². The first kappa shape index (κ1) is 90.2. The fourth-order valence-electron chi connectivity index (χ4n) is 11.9. The largest absolute Gasteiger partial charge is 0.472 e. The first-order chi connectivity index (χ1) is 45.8. The average molecular weight is 1320 g/mol. The summed E-state index contributed by atoms with van der Waals surface area (Å²) >= 11 is 0. The number of ether oxygens (including phenoxy) is 2. The van der Waals surface area contributed by atoms with Crippen LogP contribution in [0.25, 0.3) is 0 Å². The highest BCUT2D eigenvalue weighted by Crippen LogP contribution is 2.43.